The Labute approximate surface area is 109 Å². The second-order valence-corrected chi connectivity index (χ2v) is 4.16. The number of rotatable bonds is 4. The molecule has 0 saturated heterocycles. The molecule has 5 heteroatoms. The number of halogens is 1. The zero-order valence-corrected chi connectivity index (χ0v) is 10.0. The Hall–Kier alpha value is -2.07. The van der Waals surface area contributed by atoms with E-state index < -0.39 is 6.03 Å². The number of hydrogen-bond acceptors (Lipinski definition) is 4. The molecule has 4 nitrogen and oxygen atoms in total. The van der Waals surface area contributed by atoms with E-state index >= 15 is 0 Å². The molecule has 0 spiro atoms. The van der Waals surface area contributed by atoms with Gasteiger partial charge in [-0.3, -0.25) is 0 Å². The molecule has 2 aromatic carbocycles. The highest BCUT2D eigenvalue weighted by atomic mass is 35.5. The van der Waals surface area contributed by atoms with Gasteiger partial charge in [-0.05, 0) is 36.4 Å². The summed E-state index contributed by atoms with van der Waals surface area (Å²) in [5.74, 6) is 1.25. The molecule has 0 atom stereocenters. The Bertz CT molecular complexity index is 563. The predicted molar refractivity (Wildman–Crippen MR) is 66.7 cm³/mol. The summed E-state index contributed by atoms with van der Waals surface area (Å²) in [5.41, 5.74) is 0. The minimum absolute atomic E-state index is 0.598. The molecule has 0 fully saturated rings. The molecule has 0 unspecified atom stereocenters. The van der Waals surface area contributed by atoms with Crippen LogP contribution in [0.2, 0.25) is 5.02 Å². The molecule has 0 aromatic heterocycles. The van der Waals surface area contributed by atoms with Gasteiger partial charge >= 0.3 is 6.03 Å². The van der Waals surface area contributed by atoms with Crippen LogP contribution in [0.15, 0.2) is 64.8 Å². The van der Waals surface area contributed by atoms with E-state index in [9.17, 15) is 0 Å². The standard InChI is InChI=1S/C13H9ClN2O2/c14-10-6-8-12(9-7-10)18-13(15-16-13)17-11-4-2-1-3-5-11/h1-9H. The van der Waals surface area contributed by atoms with Gasteiger partial charge in [0.15, 0.2) is 0 Å². The van der Waals surface area contributed by atoms with Crippen molar-refractivity contribution >= 4 is 11.6 Å². The van der Waals surface area contributed by atoms with Crippen LogP contribution in [0.4, 0.5) is 0 Å². The van der Waals surface area contributed by atoms with Gasteiger partial charge in [0.25, 0.3) is 0 Å². The number of benzene rings is 2. The summed E-state index contributed by atoms with van der Waals surface area (Å²) in [6.07, 6.45) is 0. The fraction of sp³-hybridized carbons (Fsp3) is 0.0769. The van der Waals surface area contributed by atoms with Crippen molar-refractivity contribution in [2.75, 3.05) is 0 Å². The summed E-state index contributed by atoms with van der Waals surface area (Å²) in [6.45, 7) is 0. The van der Waals surface area contributed by atoms with Crippen LogP contribution >= 0.6 is 11.6 Å². The molecule has 1 heterocycles. The monoisotopic (exact) mass is 260 g/mol. The summed E-state index contributed by atoms with van der Waals surface area (Å²) in [4.78, 5) is 0. The lowest BCUT2D eigenvalue weighted by Gasteiger charge is -2.14. The number of nitrogens with zero attached hydrogens (tertiary/aromatic N) is 2. The fourth-order valence-corrected chi connectivity index (χ4v) is 1.57. The van der Waals surface area contributed by atoms with E-state index in [1.807, 2.05) is 30.3 Å². The van der Waals surface area contributed by atoms with Crippen molar-refractivity contribution in [2.24, 2.45) is 10.2 Å². The van der Waals surface area contributed by atoms with E-state index in [-0.39, 0.29) is 0 Å². The second kappa shape index (κ2) is 4.31. The highest BCUT2D eigenvalue weighted by Gasteiger charge is 2.47. The van der Waals surface area contributed by atoms with Crippen molar-refractivity contribution in [1.82, 2.24) is 0 Å². The highest BCUT2D eigenvalue weighted by molar-refractivity contribution is 6.30. The quantitative estimate of drug-likeness (QED) is 0.783. The first-order valence-electron chi connectivity index (χ1n) is 5.38. The van der Waals surface area contributed by atoms with Gasteiger partial charge in [0.2, 0.25) is 0 Å². The Morgan fingerprint density at radius 2 is 1.33 bits per heavy atom. The second-order valence-electron chi connectivity index (χ2n) is 3.72. The normalized spacial score (nSPS) is 15.2. The third-order valence-electron chi connectivity index (χ3n) is 2.32. The van der Waals surface area contributed by atoms with Crippen LogP contribution < -0.4 is 9.47 Å². The molecule has 1 aliphatic rings. The first-order valence-corrected chi connectivity index (χ1v) is 5.76. The number of hydrogen-bond donors (Lipinski definition) is 0. The third kappa shape index (κ3) is 2.43. The molecule has 1 aliphatic heterocycles. The fourth-order valence-electron chi connectivity index (χ4n) is 1.44. The first kappa shape index (κ1) is 11.0. The first-order chi connectivity index (χ1) is 8.76. The van der Waals surface area contributed by atoms with Crippen LogP contribution in [0.1, 0.15) is 0 Å². The van der Waals surface area contributed by atoms with Crippen molar-refractivity contribution in [2.45, 2.75) is 6.03 Å². The van der Waals surface area contributed by atoms with Crippen LogP contribution in [-0.4, -0.2) is 6.03 Å². The SMILES string of the molecule is Clc1ccc(OC2(Oc3ccccc3)N=N2)cc1. The van der Waals surface area contributed by atoms with Crippen LogP contribution in [0.5, 0.6) is 11.5 Å². The van der Waals surface area contributed by atoms with Crippen molar-refractivity contribution in [3.8, 4) is 11.5 Å². The van der Waals surface area contributed by atoms with Gasteiger partial charge in [0.1, 0.15) is 11.5 Å². The third-order valence-corrected chi connectivity index (χ3v) is 2.57. The van der Waals surface area contributed by atoms with E-state index in [0.29, 0.717) is 16.5 Å². The predicted octanol–water partition coefficient (Wildman–Crippen LogP) is 3.87. The Kier molecular flexibility index (Phi) is 2.64. The summed E-state index contributed by atoms with van der Waals surface area (Å²) in [6, 6.07) is 15.0. The molecule has 0 aliphatic carbocycles. The van der Waals surface area contributed by atoms with Crippen LogP contribution in [0.25, 0.3) is 0 Å². The van der Waals surface area contributed by atoms with Gasteiger partial charge in [-0.1, -0.05) is 40.0 Å². The zero-order valence-electron chi connectivity index (χ0n) is 9.29. The molecule has 0 N–H and O–H groups in total. The Morgan fingerprint density at radius 3 is 1.89 bits per heavy atom. The van der Waals surface area contributed by atoms with Crippen LogP contribution in [0, 0.1) is 0 Å². The van der Waals surface area contributed by atoms with E-state index in [2.05, 4.69) is 10.2 Å². The molecular formula is C13H9ClN2O2. The molecule has 90 valence electrons. The molecule has 18 heavy (non-hydrogen) atoms. The van der Waals surface area contributed by atoms with Gasteiger partial charge in [-0.25, -0.2) is 0 Å². The maximum atomic E-state index is 5.79. The van der Waals surface area contributed by atoms with Crippen molar-refractivity contribution in [3.05, 3.63) is 59.6 Å². The lowest BCUT2D eigenvalue weighted by Crippen LogP contribution is -2.27. The minimum Gasteiger partial charge on any atom is -0.413 e. The lowest BCUT2D eigenvalue weighted by atomic mass is 10.3. The minimum atomic E-state index is -1.24. The van der Waals surface area contributed by atoms with E-state index in [1.54, 1.807) is 24.3 Å². The van der Waals surface area contributed by atoms with E-state index in [0.717, 1.165) is 0 Å². The molecule has 0 radical (unpaired) electrons. The van der Waals surface area contributed by atoms with Crippen LogP contribution in [-0.2, 0) is 0 Å². The molecular weight excluding hydrogens is 252 g/mol. The van der Waals surface area contributed by atoms with Gasteiger partial charge in [-0.2, -0.15) is 0 Å². The number of ether oxygens (including phenoxy) is 2. The summed E-state index contributed by atoms with van der Waals surface area (Å²) in [7, 11) is 0. The van der Waals surface area contributed by atoms with Gasteiger partial charge in [-0.15, -0.1) is 0 Å². The molecule has 3 rings (SSSR count). The molecule has 0 amide bonds. The highest BCUT2D eigenvalue weighted by Crippen LogP contribution is 2.34. The Morgan fingerprint density at radius 1 is 0.778 bits per heavy atom. The van der Waals surface area contributed by atoms with Crippen molar-refractivity contribution in [1.29, 1.82) is 0 Å². The summed E-state index contributed by atoms with van der Waals surface area (Å²) < 4.78 is 11.1. The topological polar surface area (TPSA) is 43.2 Å². The van der Waals surface area contributed by atoms with E-state index in [1.165, 1.54) is 0 Å². The maximum absolute atomic E-state index is 5.79. The summed E-state index contributed by atoms with van der Waals surface area (Å²) in [5, 5.41) is 8.23. The molecule has 0 saturated carbocycles. The molecule has 0 bridgehead atoms. The molecule has 2 aromatic rings. The van der Waals surface area contributed by atoms with E-state index in [4.69, 9.17) is 21.1 Å². The van der Waals surface area contributed by atoms with Crippen molar-refractivity contribution in [3.63, 3.8) is 0 Å². The maximum Gasteiger partial charge on any atom is 0.506 e. The average Bonchev–Trinajstić information content (AvgIpc) is 3.13. The zero-order chi connectivity index (χ0) is 12.4. The smallest absolute Gasteiger partial charge is 0.413 e. The lowest BCUT2D eigenvalue weighted by molar-refractivity contribution is -0.0387. The Balaban J connectivity index is 1.70. The summed E-state index contributed by atoms with van der Waals surface area (Å²) >= 11 is 5.79. The van der Waals surface area contributed by atoms with Crippen LogP contribution in [0.3, 0.4) is 0 Å². The largest absolute Gasteiger partial charge is 0.506 e. The van der Waals surface area contributed by atoms with Gasteiger partial charge in [0.05, 0.1) is 0 Å². The van der Waals surface area contributed by atoms with Gasteiger partial charge in [0, 0.05) is 5.02 Å². The van der Waals surface area contributed by atoms with Gasteiger partial charge < -0.3 is 9.47 Å². The van der Waals surface area contributed by atoms with Crippen molar-refractivity contribution < 1.29 is 9.47 Å². The average molecular weight is 261 g/mol. The number of para-hydroxylation sites is 1.